The predicted octanol–water partition coefficient (Wildman–Crippen LogP) is 2.17. The summed E-state index contributed by atoms with van der Waals surface area (Å²) in [7, 11) is 0. The fraction of sp³-hybridized carbons (Fsp3) is 1.00. The average molecular weight is 339 g/mol. The summed E-state index contributed by atoms with van der Waals surface area (Å²) in [6, 6.07) is 0. The van der Waals surface area contributed by atoms with Crippen LogP contribution in [0.4, 0.5) is 0 Å². The van der Waals surface area contributed by atoms with Crippen molar-refractivity contribution in [3.63, 3.8) is 0 Å². The Kier molecular flexibility index (Phi) is 4.91. The summed E-state index contributed by atoms with van der Waals surface area (Å²) in [6.07, 6.45) is 7.68. The molecule has 2 spiro atoms. The van der Waals surface area contributed by atoms with E-state index in [4.69, 9.17) is 14.2 Å². The van der Waals surface area contributed by atoms with Crippen molar-refractivity contribution < 1.29 is 19.3 Å². The third-order valence-corrected chi connectivity index (χ3v) is 7.09. The van der Waals surface area contributed by atoms with Crippen LogP contribution in [-0.4, -0.2) is 67.5 Å². The molecule has 4 aliphatic rings. The van der Waals surface area contributed by atoms with Gasteiger partial charge in [0.1, 0.15) is 0 Å². The van der Waals surface area contributed by atoms with Gasteiger partial charge < -0.3 is 24.2 Å². The minimum Gasteiger partial charge on any atom is -0.392 e. The molecule has 2 saturated carbocycles. The highest BCUT2D eigenvalue weighted by atomic mass is 16.7. The van der Waals surface area contributed by atoms with E-state index in [1.165, 1.54) is 19.4 Å². The van der Waals surface area contributed by atoms with Crippen molar-refractivity contribution in [2.45, 2.75) is 69.9 Å². The molecule has 4 rings (SSSR count). The Morgan fingerprint density at radius 2 is 1.75 bits per heavy atom. The number of hydrogen-bond acceptors (Lipinski definition) is 5. The molecule has 0 aromatic rings. The van der Waals surface area contributed by atoms with Crippen molar-refractivity contribution in [1.29, 1.82) is 0 Å². The first-order chi connectivity index (χ1) is 11.7. The topological polar surface area (TPSA) is 51.2 Å². The summed E-state index contributed by atoms with van der Waals surface area (Å²) < 4.78 is 17.6. The highest BCUT2D eigenvalue weighted by molar-refractivity contribution is 5.06. The third kappa shape index (κ3) is 3.03. The lowest BCUT2D eigenvalue weighted by Gasteiger charge is -2.57. The largest absolute Gasteiger partial charge is 0.392 e. The maximum Gasteiger partial charge on any atom is 0.168 e. The molecule has 0 aromatic heterocycles. The Balaban J connectivity index is 1.24. The zero-order chi connectivity index (χ0) is 16.6. The van der Waals surface area contributed by atoms with Crippen molar-refractivity contribution >= 4 is 0 Å². The Bertz CT molecular complexity index is 417. The molecule has 1 N–H and O–H groups in total. The lowest BCUT2D eigenvalue weighted by Crippen LogP contribution is -2.62. The number of rotatable bonds is 4. The van der Waals surface area contributed by atoms with E-state index < -0.39 is 0 Å². The van der Waals surface area contributed by atoms with Crippen LogP contribution < -0.4 is 0 Å². The number of aliphatic hydroxyl groups is 1. The van der Waals surface area contributed by atoms with Gasteiger partial charge in [-0.1, -0.05) is 0 Å². The van der Waals surface area contributed by atoms with Crippen LogP contribution in [0.15, 0.2) is 0 Å². The number of likely N-dealkylation sites (tertiary alicyclic amines) is 1. The van der Waals surface area contributed by atoms with E-state index in [-0.39, 0.29) is 23.4 Å². The van der Waals surface area contributed by atoms with E-state index in [1.54, 1.807) is 0 Å². The number of aliphatic hydroxyl groups excluding tert-OH is 1. The van der Waals surface area contributed by atoms with Gasteiger partial charge in [0.15, 0.2) is 5.79 Å². The first-order valence-electron chi connectivity index (χ1n) is 9.96. The van der Waals surface area contributed by atoms with Gasteiger partial charge in [0.05, 0.1) is 25.4 Å². The molecule has 5 heteroatoms. The molecule has 4 fully saturated rings. The molecular weight excluding hydrogens is 306 g/mol. The summed E-state index contributed by atoms with van der Waals surface area (Å²) in [6.45, 7) is 7.76. The van der Waals surface area contributed by atoms with E-state index in [0.717, 1.165) is 70.9 Å². The van der Waals surface area contributed by atoms with Crippen LogP contribution in [0, 0.1) is 11.3 Å². The van der Waals surface area contributed by atoms with Crippen molar-refractivity contribution in [1.82, 2.24) is 4.90 Å². The van der Waals surface area contributed by atoms with Crippen LogP contribution in [-0.2, 0) is 14.2 Å². The number of hydrogen-bond donors (Lipinski definition) is 1. The molecule has 24 heavy (non-hydrogen) atoms. The Labute approximate surface area is 145 Å². The maximum atomic E-state index is 10.3. The van der Waals surface area contributed by atoms with Crippen molar-refractivity contribution in [2.75, 3.05) is 39.5 Å². The van der Waals surface area contributed by atoms with Gasteiger partial charge in [-0.3, -0.25) is 0 Å². The van der Waals surface area contributed by atoms with E-state index in [2.05, 4.69) is 11.8 Å². The van der Waals surface area contributed by atoms with Crippen molar-refractivity contribution in [2.24, 2.45) is 11.3 Å². The average Bonchev–Trinajstić information content (AvgIpc) is 3.06. The van der Waals surface area contributed by atoms with Crippen molar-refractivity contribution in [3.8, 4) is 0 Å². The van der Waals surface area contributed by atoms with Crippen LogP contribution in [0.25, 0.3) is 0 Å². The van der Waals surface area contributed by atoms with E-state index >= 15 is 0 Å². The smallest absolute Gasteiger partial charge is 0.168 e. The first-order valence-corrected chi connectivity index (χ1v) is 9.96. The number of piperidine rings is 1. The van der Waals surface area contributed by atoms with Crippen LogP contribution in [0.3, 0.4) is 0 Å². The molecule has 138 valence electrons. The molecular formula is C19H33NO4. The zero-order valence-corrected chi connectivity index (χ0v) is 15.0. The number of ether oxygens (including phenoxy) is 3. The van der Waals surface area contributed by atoms with E-state index in [0.29, 0.717) is 0 Å². The Hall–Kier alpha value is -0.200. The van der Waals surface area contributed by atoms with E-state index in [9.17, 15) is 5.11 Å². The molecule has 2 heterocycles. The lowest BCUT2D eigenvalue weighted by molar-refractivity contribution is -0.211. The first kappa shape index (κ1) is 17.2. The van der Waals surface area contributed by atoms with Gasteiger partial charge in [0.2, 0.25) is 0 Å². The highest BCUT2D eigenvalue weighted by Gasteiger charge is 2.56. The van der Waals surface area contributed by atoms with Gasteiger partial charge >= 0.3 is 0 Å². The Morgan fingerprint density at radius 1 is 1.08 bits per heavy atom. The Morgan fingerprint density at radius 3 is 2.33 bits per heavy atom. The monoisotopic (exact) mass is 339 g/mol. The van der Waals surface area contributed by atoms with Gasteiger partial charge in [-0.05, 0) is 51.6 Å². The van der Waals surface area contributed by atoms with Gasteiger partial charge in [-0.2, -0.15) is 0 Å². The van der Waals surface area contributed by atoms with Gasteiger partial charge in [-0.25, -0.2) is 0 Å². The predicted molar refractivity (Wildman–Crippen MR) is 90.7 cm³/mol. The van der Waals surface area contributed by atoms with Crippen LogP contribution >= 0.6 is 0 Å². The minimum atomic E-state index is -0.233. The second-order valence-corrected chi connectivity index (χ2v) is 8.28. The third-order valence-electron chi connectivity index (χ3n) is 7.09. The second kappa shape index (κ2) is 6.84. The zero-order valence-electron chi connectivity index (χ0n) is 15.0. The summed E-state index contributed by atoms with van der Waals surface area (Å²) >= 11 is 0. The quantitative estimate of drug-likeness (QED) is 0.851. The van der Waals surface area contributed by atoms with E-state index in [1.807, 2.05) is 0 Å². The summed E-state index contributed by atoms with van der Waals surface area (Å²) in [5.74, 6) is 0.537. The molecule has 0 unspecified atom stereocenters. The number of nitrogens with zero attached hydrogens (tertiary/aromatic N) is 1. The molecule has 0 radical (unpaired) electrons. The molecule has 2 saturated heterocycles. The normalized spacial score (nSPS) is 36.2. The van der Waals surface area contributed by atoms with Crippen molar-refractivity contribution in [3.05, 3.63) is 0 Å². The summed E-state index contributed by atoms with van der Waals surface area (Å²) in [4.78, 5) is 2.61. The molecule has 5 nitrogen and oxygen atoms in total. The maximum absolute atomic E-state index is 10.3. The summed E-state index contributed by atoms with van der Waals surface area (Å²) in [5.41, 5.74) is 0.0503. The highest BCUT2D eigenvalue weighted by Crippen LogP contribution is 2.51. The minimum absolute atomic E-state index is 0.0503. The summed E-state index contributed by atoms with van der Waals surface area (Å²) in [5, 5.41) is 10.3. The molecule has 0 aromatic carbocycles. The van der Waals surface area contributed by atoms with Crippen LogP contribution in [0.1, 0.15) is 51.9 Å². The SMILES string of the molecule is CCO[C@H]1C[C@H](O)C12CCN(CC1CCC3(CC1)OCCO3)CC2. The standard InChI is InChI=1S/C19H33NO4/c1-2-22-17-13-16(21)18(17)7-9-20(10-8-18)14-15-3-5-19(6-4-15)23-11-12-24-19/h15-17,21H,2-14H2,1H3/t16-,17-/m0/s1. The molecule has 0 bridgehead atoms. The van der Waals surface area contributed by atoms with Crippen LogP contribution in [0.5, 0.6) is 0 Å². The molecule has 0 amide bonds. The van der Waals surface area contributed by atoms with Gasteiger partial charge in [0.25, 0.3) is 0 Å². The molecule has 2 aliphatic heterocycles. The van der Waals surface area contributed by atoms with Gasteiger partial charge in [0, 0.05) is 37.8 Å². The van der Waals surface area contributed by atoms with Gasteiger partial charge in [-0.15, -0.1) is 0 Å². The molecule has 2 atom stereocenters. The molecule has 2 aliphatic carbocycles. The fourth-order valence-electron chi connectivity index (χ4n) is 5.42. The fourth-order valence-corrected chi connectivity index (χ4v) is 5.42. The lowest BCUT2D eigenvalue weighted by atomic mass is 9.58. The second-order valence-electron chi connectivity index (χ2n) is 8.28. The van der Waals surface area contributed by atoms with Crippen LogP contribution in [0.2, 0.25) is 0 Å².